The van der Waals surface area contributed by atoms with Gasteiger partial charge in [-0.1, -0.05) is 18.7 Å². The molecule has 1 aliphatic heterocycles. The zero-order valence-electron chi connectivity index (χ0n) is 19.0. The van der Waals surface area contributed by atoms with Crippen LogP contribution in [0.15, 0.2) is 5.16 Å². The van der Waals surface area contributed by atoms with Gasteiger partial charge in [0.15, 0.2) is 16.4 Å². The Labute approximate surface area is 192 Å². The standard InChI is InChI=1S/C20H29N5O5S2/c1-6-12(2)24(15-7-8-32(28,29)11-15)17(26)10-30-18(27)9-16-13(3)21-19-22-20(31-5)23-25(19)14(16)4/h12,15H,6-11H2,1-5H3/t12-,15+/m1/s1. The minimum atomic E-state index is -3.14. The maximum atomic E-state index is 12.9. The molecular weight excluding hydrogens is 454 g/mol. The number of carbonyl (C=O) groups excluding carboxylic acids is 2. The van der Waals surface area contributed by atoms with Crippen LogP contribution in [0.5, 0.6) is 0 Å². The summed E-state index contributed by atoms with van der Waals surface area (Å²) in [7, 11) is -3.14. The van der Waals surface area contributed by atoms with E-state index in [1.807, 2.05) is 27.0 Å². The first-order valence-electron chi connectivity index (χ1n) is 10.5. The molecule has 3 rings (SSSR count). The molecular formula is C20H29N5O5S2. The molecule has 2 aromatic heterocycles. The van der Waals surface area contributed by atoms with Crippen molar-refractivity contribution in [3.05, 3.63) is 17.0 Å². The molecule has 32 heavy (non-hydrogen) atoms. The van der Waals surface area contributed by atoms with Crippen LogP contribution in [0, 0.1) is 13.8 Å². The van der Waals surface area contributed by atoms with Gasteiger partial charge in [0.1, 0.15) is 0 Å². The number of esters is 1. The number of sulfone groups is 1. The lowest BCUT2D eigenvalue weighted by molar-refractivity contribution is -0.153. The van der Waals surface area contributed by atoms with Gasteiger partial charge in [0.25, 0.3) is 11.7 Å². The van der Waals surface area contributed by atoms with Crippen LogP contribution in [-0.2, 0) is 30.6 Å². The molecule has 0 spiro atoms. The predicted molar refractivity (Wildman–Crippen MR) is 120 cm³/mol. The van der Waals surface area contributed by atoms with Crippen molar-refractivity contribution in [2.45, 2.75) is 64.2 Å². The zero-order chi connectivity index (χ0) is 23.6. The number of thioether (sulfide) groups is 1. The Morgan fingerprint density at radius 3 is 2.62 bits per heavy atom. The molecule has 2 atom stereocenters. The van der Waals surface area contributed by atoms with Gasteiger partial charge in [-0.15, -0.1) is 5.10 Å². The summed E-state index contributed by atoms with van der Waals surface area (Å²) in [6.45, 7) is 7.01. The van der Waals surface area contributed by atoms with Gasteiger partial charge in [-0.2, -0.15) is 4.98 Å². The van der Waals surface area contributed by atoms with Crippen LogP contribution in [0.1, 0.15) is 43.6 Å². The molecule has 10 nitrogen and oxygen atoms in total. The third kappa shape index (κ3) is 5.22. The molecule has 176 valence electrons. The van der Waals surface area contributed by atoms with Crippen LogP contribution in [0.3, 0.4) is 0 Å². The van der Waals surface area contributed by atoms with E-state index >= 15 is 0 Å². The van der Waals surface area contributed by atoms with Crippen molar-refractivity contribution in [2.24, 2.45) is 0 Å². The van der Waals surface area contributed by atoms with E-state index in [1.54, 1.807) is 16.3 Å². The number of hydrogen-bond acceptors (Lipinski definition) is 9. The van der Waals surface area contributed by atoms with E-state index in [-0.39, 0.29) is 35.9 Å². The first kappa shape index (κ1) is 24.4. The summed E-state index contributed by atoms with van der Waals surface area (Å²) in [4.78, 5) is 35.7. The molecule has 0 saturated carbocycles. The second kappa shape index (κ2) is 9.74. The summed E-state index contributed by atoms with van der Waals surface area (Å²) in [6, 6.07) is -0.524. The van der Waals surface area contributed by atoms with Crippen LogP contribution in [0.4, 0.5) is 0 Å². The van der Waals surface area contributed by atoms with Gasteiger partial charge in [-0.25, -0.2) is 17.9 Å². The van der Waals surface area contributed by atoms with Gasteiger partial charge in [0.05, 0.1) is 17.9 Å². The van der Waals surface area contributed by atoms with Crippen LogP contribution in [0.25, 0.3) is 5.78 Å². The molecule has 1 amide bonds. The van der Waals surface area contributed by atoms with Gasteiger partial charge in [0.2, 0.25) is 5.16 Å². The highest BCUT2D eigenvalue weighted by molar-refractivity contribution is 7.98. The molecule has 0 aliphatic carbocycles. The Morgan fingerprint density at radius 2 is 2.03 bits per heavy atom. The minimum Gasteiger partial charge on any atom is -0.455 e. The lowest BCUT2D eigenvalue weighted by Gasteiger charge is -2.33. The number of aromatic nitrogens is 4. The van der Waals surface area contributed by atoms with E-state index in [4.69, 9.17) is 4.74 Å². The second-order valence-corrected chi connectivity index (χ2v) is 11.0. The quantitative estimate of drug-likeness (QED) is 0.404. The number of fused-ring (bicyclic) bond motifs is 1. The van der Waals surface area contributed by atoms with E-state index in [2.05, 4.69) is 15.1 Å². The summed E-state index contributed by atoms with van der Waals surface area (Å²) in [5.74, 6) is -0.437. The average molecular weight is 484 g/mol. The van der Waals surface area contributed by atoms with Gasteiger partial charge in [-0.3, -0.25) is 9.59 Å². The van der Waals surface area contributed by atoms with Crippen molar-refractivity contribution in [1.82, 2.24) is 24.5 Å². The number of hydrogen-bond donors (Lipinski definition) is 0. The Kier molecular flexibility index (Phi) is 7.43. The van der Waals surface area contributed by atoms with Crippen molar-refractivity contribution in [3.8, 4) is 0 Å². The smallest absolute Gasteiger partial charge is 0.310 e. The number of nitrogens with zero attached hydrogens (tertiary/aromatic N) is 5. The first-order valence-corrected chi connectivity index (χ1v) is 13.5. The number of ether oxygens (including phenoxy) is 1. The summed E-state index contributed by atoms with van der Waals surface area (Å²) in [6.07, 6.45) is 2.90. The average Bonchev–Trinajstić information content (AvgIpc) is 3.32. The molecule has 0 unspecified atom stereocenters. The van der Waals surface area contributed by atoms with Crippen LogP contribution in [-0.4, -0.2) is 81.2 Å². The molecule has 0 aromatic carbocycles. The fourth-order valence-electron chi connectivity index (χ4n) is 3.95. The van der Waals surface area contributed by atoms with E-state index in [0.29, 0.717) is 35.0 Å². The third-order valence-electron chi connectivity index (χ3n) is 5.85. The largest absolute Gasteiger partial charge is 0.455 e. The number of rotatable bonds is 8. The second-order valence-electron chi connectivity index (χ2n) is 8.02. The summed E-state index contributed by atoms with van der Waals surface area (Å²) >= 11 is 1.40. The molecule has 3 heterocycles. The van der Waals surface area contributed by atoms with Crippen LogP contribution >= 0.6 is 11.8 Å². The summed E-state index contributed by atoms with van der Waals surface area (Å²) in [5.41, 5.74) is 2.06. The topological polar surface area (TPSA) is 124 Å². The fourth-order valence-corrected chi connectivity index (χ4v) is 5.99. The van der Waals surface area contributed by atoms with Crippen molar-refractivity contribution in [2.75, 3.05) is 24.4 Å². The minimum absolute atomic E-state index is 0.0446. The summed E-state index contributed by atoms with van der Waals surface area (Å²) in [5, 5.41) is 4.95. The molecule has 1 aliphatic rings. The maximum absolute atomic E-state index is 12.9. The van der Waals surface area contributed by atoms with Gasteiger partial charge in [0, 0.05) is 29.0 Å². The number of amides is 1. The van der Waals surface area contributed by atoms with Gasteiger partial charge in [-0.05, 0) is 39.9 Å². The maximum Gasteiger partial charge on any atom is 0.310 e. The van der Waals surface area contributed by atoms with Crippen LogP contribution in [0.2, 0.25) is 0 Å². The Balaban J connectivity index is 1.69. The van der Waals surface area contributed by atoms with Crippen molar-refractivity contribution in [3.63, 3.8) is 0 Å². The van der Waals surface area contributed by atoms with Crippen molar-refractivity contribution in [1.29, 1.82) is 0 Å². The van der Waals surface area contributed by atoms with E-state index in [0.717, 1.165) is 5.69 Å². The summed E-state index contributed by atoms with van der Waals surface area (Å²) < 4.78 is 30.6. The SMILES string of the molecule is CC[C@@H](C)N(C(=O)COC(=O)Cc1c(C)nc2nc(SC)nn2c1C)[C@H]1CCS(=O)(=O)C1. The molecule has 12 heteroatoms. The predicted octanol–water partition coefficient (Wildman–Crippen LogP) is 1.36. The van der Waals surface area contributed by atoms with Gasteiger partial charge < -0.3 is 9.64 Å². The Hall–Kier alpha value is -2.21. The Bertz CT molecular complexity index is 1130. The van der Waals surface area contributed by atoms with E-state index in [9.17, 15) is 18.0 Å². The fraction of sp³-hybridized carbons (Fsp3) is 0.650. The highest BCUT2D eigenvalue weighted by Crippen LogP contribution is 2.22. The molecule has 0 bridgehead atoms. The highest BCUT2D eigenvalue weighted by Gasteiger charge is 2.36. The van der Waals surface area contributed by atoms with Crippen molar-refractivity contribution < 1.29 is 22.7 Å². The molecule has 1 fully saturated rings. The zero-order valence-corrected chi connectivity index (χ0v) is 20.6. The van der Waals surface area contributed by atoms with E-state index < -0.39 is 22.4 Å². The Morgan fingerprint density at radius 1 is 1.31 bits per heavy atom. The molecule has 2 aromatic rings. The first-order chi connectivity index (χ1) is 15.1. The number of aryl methyl sites for hydroxylation is 2. The van der Waals surface area contributed by atoms with Gasteiger partial charge >= 0.3 is 5.97 Å². The molecule has 0 N–H and O–H groups in total. The highest BCUT2D eigenvalue weighted by atomic mass is 32.2. The number of carbonyl (C=O) groups is 2. The normalized spacial score (nSPS) is 18.6. The monoisotopic (exact) mass is 483 g/mol. The lowest BCUT2D eigenvalue weighted by Crippen LogP contribution is -2.48. The van der Waals surface area contributed by atoms with Crippen molar-refractivity contribution >= 4 is 39.3 Å². The van der Waals surface area contributed by atoms with E-state index in [1.165, 1.54) is 11.8 Å². The van der Waals surface area contributed by atoms with Crippen LogP contribution < -0.4 is 0 Å². The lowest BCUT2D eigenvalue weighted by atomic mass is 10.1. The third-order valence-corrected chi connectivity index (χ3v) is 8.13. The molecule has 1 saturated heterocycles. The molecule has 0 radical (unpaired) electrons.